The van der Waals surface area contributed by atoms with Gasteiger partial charge in [-0.05, 0) is 61.4 Å². The van der Waals surface area contributed by atoms with E-state index in [0.29, 0.717) is 22.7 Å². The number of nitrogens with zero attached hydrogens (tertiary/aromatic N) is 5. The zero-order chi connectivity index (χ0) is 25.2. The number of halogens is 1. The number of anilines is 1. The first-order chi connectivity index (χ1) is 18.1. The van der Waals surface area contributed by atoms with Crippen molar-refractivity contribution >= 4 is 17.2 Å². The maximum atomic E-state index is 14.7. The standard InChI is InChI=1S/C28H25FN6O2/c29-23-12-11-19(27-33-32-26-10-2-1-4-14-35(26)27)16-24(23)31-28(36)20-7-6-8-22(15-20)37-18-21-17-34-13-5-3-9-25(34)30-21/h3,5-9,11-13,15-17H,1-2,4,10,14,18H2,(H,31,36). The van der Waals surface area contributed by atoms with Crippen molar-refractivity contribution in [3.63, 3.8) is 0 Å². The largest absolute Gasteiger partial charge is 0.487 e. The quantitative estimate of drug-likeness (QED) is 0.345. The summed E-state index contributed by atoms with van der Waals surface area (Å²) in [5, 5.41) is 11.4. The summed E-state index contributed by atoms with van der Waals surface area (Å²) in [5.41, 5.74) is 2.76. The van der Waals surface area contributed by atoms with Crippen LogP contribution in [0.2, 0.25) is 0 Å². The third-order valence-electron chi connectivity index (χ3n) is 6.48. The molecule has 0 unspecified atom stereocenters. The molecule has 0 fully saturated rings. The van der Waals surface area contributed by atoms with E-state index in [1.807, 2.05) is 35.0 Å². The number of ether oxygens (including phenoxy) is 1. The number of rotatable bonds is 6. The Morgan fingerprint density at radius 1 is 1.03 bits per heavy atom. The minimum atomic E-state index is -0.521. The summed E-state index contributed by atoms with van der Waals surface area (Å²) in [6, 6.07) is 17.2. The number of fused-ring (bicyclic) bond motifs is 2. The van der Waals surface area contributed by atoms with Crippen molar-refractivity contribution in [2.75, 3.05) is 5.32 Å². The number of amides is 1. The Labute approximate surface area is 212 Å². The molecule has 1 aliphatic rings. The van der Waals surface area contributed by atoms with Gasteiger partial charge in [0.1, 0.15) is 29.6 Å². The molecule has 0 spiro atoms. The van der Waals surface area contributed by atoms with Gasteiger partial charge in [0.25, 0.3) is 5.91 Å². The summed E-state index contributed by atoms with van der Waals surface area (Å²) in [6.45, 7) is 1.09. The van der Waals surface area contributed by atoms with Gasteiger partial charge in [-0.25, -0.2) is 9.37 Å². The van der Waals surface area contributed by atoms with E-state index in [0.717, 1.165) is 49.4 Å². The van der Waals surface area contributed by atoms with E-state index in [-0.39, 0.29) is 12.3 Å². The van der Waals surface area contributed by atoms with Crippen LogP contribution in [0.25, 0.3) is 17.0 Å². The first-order valence-corrected chi connectivity index (χ1v) is 12.3. The lowest BCUT2D eigenvalue weighted by atomic mass is 10.1. The first kappa shape index (κ1) is 22.9. The Morgan fingerprint density at radius 3 is 2.89 bits per heavy atom. The maximum Gasteiger partial charge on any atom is 0.255 e. The normalized spacial score (nSPS) is 13.2. The number of imidazole rings is 1. The van der Waals surface area contributed by atoms with Crippen LogP contribution in [0.3, 0.4) is 0 Å². The molecule has 2 aromatic carbocycles. The van der Waals surface area contributed by atoms with Crippen LogP contribution >= 0.6 is 0 Å². The zero-order valence-corrected chi connectivity index (χ0v) is 20.1. The van der Waals surface area contributed by atoms with E-state index >= 15 is 0 Å². The highest BCUT2D eigenvalue weighted by atomic mass is 19.1. The van der Waals surface area contributed by atoms with Crippen LogP contribution in [0.5, 0.6) is 5.75 Å². The van der Waals surface area contributed by atoms with Crippen LogP contribution in [0, 0.1) is 5.82 Å². The second kappa shape index (κ2) is 9.85. The Hall–Kier alpha value is -4.53. The third kappa shape index (κ3) is 4.80. The van der Waals surface area contributed by atoms with Crippen molar-refractivity contribution in [3.8, 4) is 17.1 Å². The average molecular weight is 497 g/mol. The fourth-order valence-corrected chi connectivity index (χ4v) is 4.59. The number of carbonyl (C=O) groups excluding carboxylic acids is 1. The number of hydrogen-bond acceptors (Lipinski definition) is 5. The summed E-state index contributed by atoms with van der Waals surface area (Å²) >= 11 is 0. The van der Waals surface area contributed by atoms with Gasteiger partial charge >= 0.3 is 0 Å². The molecule has 1 aliphatic heterocycles. The topological polar surface area (TPSA) is 86.3 Å². The Kier molecular flexibility index (Phi) is 6.10. The molecule has 3 aromatic heterocycles. The summed E-state index contributed by atoms with van der Waals surface area (Å²) < 4.78 is 24.6. The lowest BCUT2D eigenvalue weighted by Gasteiger charge is -2.11. The van der Waals surface area contributed by atoms with Crippen molar-refractivity contribution in [1.29, 1.82) is 0 Å². The first-order valence-electron chi connectivity index (χ1n) is 12.3. The Morgan fingerprint density at radius 2 is 1.97 bits per heavy atom. The molecular formula is C28H25FN6O2. The predicted molar refractivity (Wildman–Crippen MR) is 137 cm³/mol. The fraction of sp³-hybridized carbons (Fsp3) is 0.214. The molecule has 0 aliphatic carbocycles. The van der Waals surface area contributed by atoms with E-state index in [9.17, 15) is 9.18 Å². The highest BCUT2D eigenvalue weighted by molar-refractivity contribution is 6.04. The zero-order valence-electron chi connectivity index (χ0n) is 20.1. The molecule has 8 nitrogen and oxygen atoms in total. The van der Waals surface area contributed by atoms with Crippen LogP contribution in [0.15, 0.2) is 73.1 Å². The number of aryl methyl sites for hydroxylation is 1. The maximum absolute atomic E-state index is 14.7. The molecule has 5 aromatic rings. The minimum Gasteiger partial charge on any atom is -0.487 e. The number of benzene rings is 2. The van der Waals surface area contributed by atoms with Crippen molar-refractivity contribution in [1.82, 2.24) is 24.1 Å². The van der Waals surface area contributed by atoms with E-state index in [2.05, 4.69) is 25.1 Å². The van der Waals surface area contributed by atoms with Crippen molar-refractivity contribution in [2.24, 2.45) is 0 Å². The molecule has 0 saturated heterocycles. The van der Waals surface area contributed by atoms with Gasteiger partial charge in [0.15, 0.2) is 5.82 Å². The van der Waals surface area contributed by atoms with Crippen molar-refractivity contribution in [2.45, 2.75) is 38.8 Å². The Bertz CT molecular complexity index is 1560. The van der Waals surface area contributed by atoms with E-state index < -0.39 is 11.7 Å². The van der Waals surface area contributed by atoms with Crippen LogP contribution in [0.4, 0.5) is 10.1 Å². The van der Waals surface area contributed by atoms with Gasteiger partial charge in [0.2, 0.25) is 0 Å². The molecule has 1 N–H and O–H groups in total. The van der Waals surface area contributed by atoms with Gasteiger partial charge in [-0.15, -0.1) is 10.2 Å². The van der Waals surface area contributed by atoms with Gasteiger partial charge in [-0.3, -0.25) is 4.79 Å². The van der Waals surface area contributed by atoms with Crippen LogP contribution in [-0.4, -0.2) is 30.1 Å². The monoisotopic (exact) mass is 496 g/mol. The number of nitrogens with one attached hydrogen (secondary N) is 1. The molecule has 37 heavy (non-hydrogen) atoms. The molecule has 0 radical (unpaired) electrons. The molecule has 0 saturated carbocycles. The molecule has 4 heterocycles. The molecule has 0 bridgehead atoms. The number of carbonyl (C=O) groups is 1. The highest BCUT2D eigenvalue weighted by Crippen LogP contribution is 2.27. The number of aromatic nitrogens is 5. The smallest absolute Gasteiger partial charge is 0.255 e. The van der Waals surface area contributed by atoms with Crippen LogP contribution < -0.4 is 10.1 Å². The van der Waals surface area contributed by atoms with E-state index in [1.54, 1.807) is 36.4 Å². The highest BCUT2D eigenvalue weighted by Gasteiger charge is 2.18. The van der Waals surface area contributed by atoms with E-state index in [1.165, 1.54) is 6.07 Å². The van der Waals surface area contributed by atoms with Gasteiger partial charge in [0, 0.05) is 36.5 Å². The molecule has 9 heteroatoms. The lowest BCUT2D eigenvalue weighted by molar-refractivity contribution is 0.102. The fourth-order valence-electron chi connectivity index (χ4n) is 4.59. The SMILES string of the molecule is O=C(Nc1cc(-c2nnc3n2CCCCC3)ccc1F)c1cccc(OCc2cn3ccccc3n2)c1. The lowest BCUT2D eigenvalue weighted by Crippen LogP contribution is -2.13. The second-order valence-electron chi connectivity index (χ2n) is 9.07. The summed E-state index contributed by atoms with van der Waals surface area (Å²) in [4.78, 5) is 17.5. The summed E-state index contributed by atoms with van der Waals surface area (Å²) in [5.74, 6) is 1.20. The predicted octanol–water partition coefficient (Wildman–Crippen LogP) is 5.29. The summed E-state index contributed by atoms with van der Waals surface area (Å²) in [7, 11) is 0. The average Bonchev–Trinajstić information content (AvgIpc) is 3.45. The minimum absolute atomic E-state index is 0.0875. The molecule has 1 amide bonds. The van der Waals surface area contributed by atoms with Crippen LogP contribution in [0.1, 0.15) is 41.1 Å². The molecular weight excluding hydrogens is 471 g/mol. The second-order valence-corrected chi connectivity index (χ2v) is 9.07. The van der Waals surface area contributed by atoms with Crippen molar-refractivity contribution in [3.05, 3.63) is 96.0 Å². The van der Waals surface area contributed by atoms with Gasteiger partial charge < -0.3 is 19.0 Å². The Balaban J connectivity index is 1.18. The number of pyridine rings is 1. The van der Waals surface area contributed by atoms with Gasteiger partial charge in [-0.2, -0.15) is 0 Å². The molecule has 0 atom stereocenters. The van der Waals surface area contributed by atoms with Crippen LogP contribution in [-0.2, 0) is 19.6 Å². The van der Waals surface area contributed by atoms with Gasteiger partial charge in [-0.1, -0.05) is 18.6 Å². The van der Waals surface area contributed by atoms with E-state index in [4.69, 9.17) is 4.74 Å². The summed E-state index contributed by atoms with van der Waals surface area (Å²) in [6.07, 6.45) is 7.99. The molecule has 6 rings (SSSR count). The van der Waals surface area contributed by atoms with Crippen molar-refractivity contribution < 1.29 is 13.9 Å². The number of hydrogen-bond donors (Lipinski definition) is 1. The van der Waals surface area contributed by atoms with Gasteiger partial charge in [0.05, 0.1) is 11.4 Å². The third-order valence-corrected chi connectivity index (χ3v) is 6.48. The molecule has 186 valence electrons.